The fourth-order valence-corrected chi connectivity index (χ4v) is 2.84. The van der Waals surface area contributed by atoms with E-state index >= 15 is 0 Å². The first-order valence-electron chi connectivity index (χ1n) is 9.51. The normalized spacial score (nSPS) is 13.7. The number of nitrogens with one attached hydrogen (secondary N) is 2. The Bertz CT molecular complexity index is 486. The van der Waals surface area contributed by atoms with Gasteiger partial charge >= 0.3 is 0 Å². The molecule has 0 aliphatic rings. The molecule has 0 aliphatic heterocycles. The average Bonchev–Trinajstić information content (AvgIpc) is 2.65. The number of hydrogen-bond donors (Lipinski definition) is 3. The molecule has 0 fully saturated rings. The maximum atomic E-state index is 6.02. The molecule has 142 valence electrons. The summed E-state index contributed by atoms with van der Waals surface area (Å²) < 4.78 is 5.32. The minimum atomic E-state index is -0.0487. The molecule has 0 aromatic heterocycles. The minimum Gasteiger partial charge on any atom is -0.382 e. The maximum absolute atomic E-state index is 6.02. The summed E-state index contributed by atoms with van der Waals surface area (Å²) >= 11 is 0. The summed E-state index contributed by atoms with van der Waals surface area (Å²) in [5, 5.41) is 6.94. The van der Waals surface area contributed by atoms with Crippen molar-refractivity contribution in [3.05, 3.63) is 35.9 Å². The van der Waals surface area contributed by atoms with Gasteiger partial charge in [0.1, 0.15) is 0 Å². The molecule has 1 aromatic carbocycles. The highest BCUT2D eigenvalue weighted by Crippen LogP contribution is 2.22. The highest BCUT2D eigenvalue weighted by Gasteiger charge is 2.27. The summed E-state index contributed by atoms with van der Waals surface area (Å²) in [7, 11) is 0. The standard InChI is InChI=1S/C20H36N4O/c1-5-20(6-2,24-17(4)18-12-9-8-10-13-18)16-23-19(21)22-14-11-15-25-7-3/h8-10,12-13,17,24H,5-7,11,14-16H2,1-4H3,(H3,21,22,23). The molecule has 1 atom stereocenters. The smallest absolute Gasteiger partial charge is 0.188 e. The number of rotatable bonds is 12. The van der Waals surface area contributed by atoms with Crippen LogP contribution in [-0.2, 0) is 4.74 Å². The molecule has 0 bridgehead atoms. The van der Waals surface area contributed by atoms with Crippen molar-refractivity contribution in [1.82, 2.24) is 10.6 Å². The van der Waals surface area contributed by atoms with Gasteiger partial charge in [0.2, 0.25) is 0 Å². The Labute approximate surface area is 153 Å². The van der Waals surface area contributed by atoms with E-state index in [2.05, 4.69) is 60.7 Å². The Morgan fingerprint density at radius 3 is 2.48 bits per heavy atom. The van der Waals surface area contributed by atoms with Crippen LogP contribution in [0.1, 0.15) is 58.6 Å². The first-order chi connectivity index (χ1) is 12.1. The second-order valence-corrected chi connectivity index (χ2v) is 6.44. The van der Waals surface area contributed by atoms with Gasteiger partial charge in [0.25, 0.3) is 0 Å². The zero-order chi connectivity index (χ0) is 18.5. The summed E-state index contributed by atoms with van der Waals surface area (Å²) in [6.07, 6.45) is 2.93. The third-order valence-electron chi connectivity index (χ3n) is 4.70. The molecular formula is C20H36N4O. The van der Waals surface area contributed by atoms with Gasteiger partial charge in [-0.3, -0.25) is 4.99 Å². The van der Waals surface area contributed by atoms with Gasteiger partial charge in [-0.2, -0.15) is 0 Å². The monoisotopic (exact) mass is 348 g/mol. The lowest BCUT2D eigenvalue weighted by Gasteiger charge is -2.35. The molecule has 5 heteroatoms. The Kier molecular flexibility index (Phi) is 10.2. The molecule has 0 radical (unpaired) electrons. The summed E-state index contributed by atoms with van der Waals surface area (Å²) in [6, 6.07) is 10.8. The number of aliphatic imine (C=N–C) groups is 1. The fourth-order valence-electron chi connectivity index (χ4n) is 2.84. The molecule has 25 heavy (non-hydrogen) atoms. The topological polar surface area (TPSA) is 71.7 Å². The van der Waals surface area contributed by atoms with Gasteiger partial charge < -0.3 is 21.1 Å². The molecule has 5 nitrogen and oxygen atoms in total. The molecule has 1 unspecified atom stereocenters. The number of nitrogens with zero attached hydrogens (tertiary/aromatic N) is 1. The first-order valence-corrected chi connectivity index (χ1v) is 9.51. The van der Waals surface area contributed by atoms with E-state index < -0.39 is 0 Å². The van der Waals surface area contributed by atoms with Crippen molar-refractivity contribution >= 4 is 5.96 Å². The van der Waals surface area contributed by atoms with Gasteiger partial charge in [0.05, 0.1) is 6.54 Å². The van der Waals surface area contributed by atoms with Crippen LogP contribution in [0.4, 0.5) is 0 Å². The molecule has 0 heterocycles. The summed E-state index contributed by atoms with van der Waals surface area (Å²) in [6.45, 7) is 11.6. The number of benzene rings is 1. The second-order valence-electron chi connectivity index (χ2n) is 6.44. The molecule has 4 N–H and O–H groups in total. The Hall–Kier alpha value is -1.59. The first kappa shape index (κ1) is 21.5. The molecule has 0 amide bonds. The summed E-state index contributed by atoms with van der Waals surface area (Å²) in [5.41, 5.74) is 7.26. The molecule has 0 saturated carbocycles. The van der Waals surface area contributed by atoms with Crippen molar-refractivity contribution in [1.29, 1.82) is 0 Å². The van der Waals surface area contributed by atoms with Crippen molar-refractivity contribution in [2.24, 2.45) is 10.7 Å². The predicted molar refractivity (Wildman–Crippen MR) is 107 cm³/mol. The van der Waals surface area contributed by atoms with Gasteiger partial charge in [0, 0.05) is 31.3 Å². The molecular weight excluding hydrogens is 312 g/mol. The van der Waals surface area contributed by atoms with Gasteiger partial charge in [0.15, 0.2) is 5.96 Å². The highest BCUT2D eigenvalue weighted by molar-refractivity contribution is 5.77. The van der Waals surface area contributed by atoms with E-state index in [-0.39, 0.29) is 11.6 Å². The van der Waals surface area contributed by atoms with Crippen molar-refractivity contribution in [2.45, 2.75) is 58.5 Å². The van der Waals surface area contributed by atoms with E-state index in [1.165, 1.54) is 5.56 Å². The number of nitrogens with two attached hydrogens (primary N) is 1. The fraction of sp³-hybridized carbons (Fsp3) is 0.650. The molecule has 0 saturated heterocycles. The van der Waals surface area contributed by atoms with Crippen LogP contribution in [-0.4, -0.2) is 37.8 Å². The van der Waals surface area contributed by atoms with Gasteiger partial charge in [-0.1, -0.05) is 44.2 Å². The maximum Gasteiger partial charge on any atom is 0.188 e. The Morgan fingerprint density at radius 2 is 1.88 bits per heavy atom. The van der Waals surface area contributed by atoms with Crippen LogP contribution < -0.4 is 16.4 Å². The van der Waals surface area contributed by atoms with Crippen molar-refractivity contribution in [2.75, 3.05) is 26.3 Å². The van der Waals surface area contributed by atoms with Crippen molar-refractivity contribution in [3.63, 3.8) is 0 Å². The average molecular weight is 349 g/mol. The number of ether oxygens (including phenoxy) is 1. The van der Waals surface area contributed by atoms with E-state index in [1.54, 1.807) is 0 Å². The number of hydrogen-bond acceptors (Lipinski definition) is 3. The lowest BCUT2D eigenvalue weighted by atomic mass is 9.91. The minimum absolute atomic E-state index is 0.0487. The number of guanidine groups is 1. The van der Waals surface area contributed by atoms with E-state index in [0.29, 0.717) is 12.5 Å². The van der Waals surface area contributed by atoms with Crippen LogP contribution in [0.2, 0.25) is 0 Å². The van der Waals surface area contributed by atoms with Gasteiger partial charge in [-0.15, -0.1) is 0 Å². The molecule has 1 aromatic rings. The zero-order valence-electron chi connectivity index (χ0n) is 16.3. The SMILES string of the molecule is CCOCCCNC(N)=NCC(CC)(CC)NC(C)c1ccccc1. The van der Waals surface area contributed by atoms with Gasteiger partial charge in [-0.25, -0.2) is 0 Å². The Morgan fingerprint density at radius 1 is 1.20 bits per heavy atom. The van der Waals surface area contributed by atoms with Crippen molar-refractivity contribution < 1.29 is 4.74 Å². The lowest BCUT2D eigenvalue weighted by Crippen LogP contribution is -2.49. The lowest BCUT2D eigenvalue weighted by molar-refractivity contribution is 0.145. The Balaban J connectivity index is 2.57. The van der Waals surface area contributed by atoms with Crippen LogP contribution >= 0.6 is 0 Å². The van der Waals surface area contributed by atoms with E-state index in [0.717, 1.165) is 39.0 Å². The summed E-state index contributed by atoms with van der Waals surface area (Å²) in [4.78, 5) is 4.58. The summed E-state index contributed by atoms with van der Waals surface area (Å²) in [5.74, 6) is 0.511. The predicted octanol–water partition coefficient (Wildman–Crippen LogP) is 3.23. The van der Waals surface area contributed by atoms with E-state index in [9.17, 15) is 0 Å². The second kappa shape index (κ2) is 11.9. The van der Waals surface area contributed by atoms with Gasteiger partial charge in [-0.05, 0) is 38.7 Å². The van der Waals surface area contributed by atoms with Crippen LogP contribution in [0, 0.1) is 0 Å². The van der Waals surface area contributed by atoms with Crippen LogP contribution in [0.25, 0.3) is 0 Å². The van der Waals surface area contributed by atoms with Crippen LogP contribution in [0.3, 0.4) is 0 Å². The molecule has 0 spiro atoms. The third kappa shape index (κ3) is 7.88. The highest BCUT2D eigenvalue weighted by atomic mass is 16.5. The van der Waals surface area contributed by atoms with Crippen LogP contribution in [0.15, 0.2) is 35.3 Å². The molecule has 1 rings (SSSR count). The van der Waals surface area contributed by atoms with E-state index in [1.807, 2.05) is 13.0 Å². The van der Waals surface area contributed by atoms with E-state index in [4.69, 9.17) is 10.5 Å². The third-order valence-corrected chi connectivity index (χ3v) is 4.70. The quantitative estimate of drug-likeness (QED) is 0.308. The van der Waals surface area contributed by atoms with Crippen molar-refractivity contribution in [3.8, 4) is 0 Å². The molecule has 0 aliphatic carbocycles. The largest absolute Gasteiger partial charge is 0.382 e. The zero-order valence-corrected chi connectivity index (χ0v) is 16.3. The van der Waals surface area contributed by atoms with Crippen LogP contribution in [0.5, 0.6) is 0 Å².